The van der Waals surface area contributed by atoms with Gasteiger partial charge in [0.05, 0.1) is 16.6 Å². The molecule has 0 fully saturated rings. The van der Waals surface area contributed by atoms with Gasteiger partial charge in [-0.2, -0.15) is 10.2 Å². The number of hydrogen-bond acceptors (Lipinski definition) is 5. The predicted molar refractivity (Wildman–Crippen MR) is 68.0 cm³/mol. The van der Waals surface area contributed by atoms with Crippen LogP contribution in [0.2, 0.25) is 0 Å². The maximum Gasteiger partial charge on any atom is 0.349 e. The Morgan fingerprint density at radius 1 is 1.56 bits per heavy atom. The van der Waals surface area contributed by atoms with E-state index in [4.69, 9.17) is 11.0 Å². The number of hydrogen-bond donors (Lipinski definition) is 1. The highest BCUT2D eigenvalue weighted by molar-refractivity contribution is 5.94. The van der Waals surface area contributed by atoms with E-state index in [0.29, 0.717) is 28.7 Å². The molecule has 0 spiro atoms. The zero-order chi connectivity index (χ0) is 13.3. The Morgan fingerprint density at radius 3 is 2.89 bits per heavy atom. The second-order valence-corrected chi connectivity index (χ2v) is 4.02. The lowest BCUT2D eigenvalue weighted by Crippen LogP contribution is -2.26. The SMILES string of the molecule is CCCn1c(N)c2c(C#N)cnc(C)c2nc1=O. The van der Waals surface area contributed by atoms with Crippen LogP contribution in [-0.4, -0.2) is 14.5 Å². The highest BCUT2D eigenvalue weighted by Crippen LogP contribution is 2.22. The van der Waals surface area contributed by atoms with Crippen LogP contribution in [0.4, 0.5) is 5.82 Å². The number of aromatic nitrogens is 3. The Bertz CT molecular complexity index is 711. The summed E-state index contributed by atoms with van der Waals surface area (Å²) in [6.07, 6.45) is 2.22. The third kappa shape index (κ3) is 1.70. The molecule has 0 radical (unpaired) electrons. The van der Waals surface area contributed by atoms with Crippen molar-refractivity contribution in [3.05, 3.63) is 27.9 Å². The van der Waals surface area contributed by atoms with E-state index in [-0.39, 0.29) is 5.82 Å². The van der Waals surface area contributed by atoms with Gasteiger partial charge >= 0.3 is 5.69 Å². The van der Waals surface area contributed by atoms with Crippen molar-refractivity contribution in [2.24, 2.45) is 0 Å². The molecule has 0 atom stereocenters. The van der Waals surface area contributed by atoms with Gasteiger partial charge in [-0.3, -0.25) is 9.55 Å². The van der Waals surface area contributed by atoms with Gasteiger partial charge < -0.3 is 5.73 Å². The molecular formula is C12H13N5O. The molecule has 0 bridgehead atoms. The Kier molecular flexibility index (Phi) is 2.98. The van der Waals surface area contributed by atoms with Crippen LogP contribution >= 0.6 is 0 Å². The quantitative estimate of drug-likeness (QED) is 0.847. The average molecular weight is 243 g/mol. The summed E-state index contributed by atoms with van der Waals surface area (Å²) in [5, 5.41) is 9.59. The minimum absolute atomic E-state index is 0.286. The molecule has 18 heavy (non-hydrogen) atoms. The summed E-state index contributed by atoms with van der Waals surface area (Å²) in [4.78, 5) is 19.9. The van der Waals surface area contributed by atoms with Crippen molar-refractivity contribution in [3.63, 3.8) is 0 Å². The van der Waals surface area contributed by atoms with Crippen molar-refractivity contribution in [2.45, 2.75) is 26.8 Å². The lowest BCUT2D eigenvalue weighted by atomic mass is 10.1. The Morgan fingerprint density at radius 2 is 2.28 bits per heavy atom. The first-order chi connectivity index (χ1) is 8.60. The van der Waals surface area contributed by atoms with Gasteiger partial charge in [0.25, 0.3) is 0 Å². The van der Waals surface area contributed by atoms with Gasteiger partial charge in [-0.15, -0.1) is 0 Å². The van der Waals surface area contributed by atoms with Crippen molar-refractivity contribution in [3.8, 4) is 6.07 Å². The Balaban J connectivity index is 2.96. The number of nitrogens with two attached hydrogens (primary N) is 1. The maximum absolute atomic E-state index is 11.9. The van der Waals surface area contributed by atoms with Gasteiger partial charge in [0, 0.05) is 12.7 Å². The first-order valence-corrected chi connectivity index (χ1v) is 5.65. The second kappa shape index (κ2) is 4.45. The van der Waals surface area contributed by atoms with Gasteiger partial charge in [0.15, 0.2) is 0 Å². The van der Waals surface area contributed by atoms with Crippen LogP contribution in [-0.2, 0) is 6.54 Å². The Labute approximate surface area is 104 Å². The second-order valence-electron chi connectivity index (χ2n) is 4.02. The van der Waals surface area contributed by atoms with E-state index >= 15 is 0 Å². The zero-order valence-corrected chi connectivity index (χ0v) is 10.3. The summed E-state index contributed by atoms with van der Waals surface area (Å²) in [5.41, 5.74) is 6.93. The predicted octanol–water partition coefficient (Wildman–Crippen LogP) is 0.964. The molecule has 2 aromatic heterocycles. The number of fused-ring (bicyclic) bond motifs is 1. The monoisotopic (exact) mass is 243 g/mol. The third-order valence-corrected chi connectivity index (χ3v) is 2.79. The topological polar surface area (TPSA) is 97.6 Å². The van der Waals surface area contributed by atoms with E-state index in [1.54, 1.807) is 6.92 Å². The molecule has 92 valence electrons. The van der Waals surface area contributed by atoms with Gasteiger partial charge in [-0.1, -0.05) is 6.92 Å². The van der Waals surface area contributed by atoms with Crippen molar-refractivity contribution in [1.82, 2.24) is 14.5 Å². The molecule has 0 saturated carbocycles. The molecule has 2 N–H and O–H groups in total. The van der Waals surface area contributed by atoms with Crippen molar-refractivity contribution in [1.29, 1.82) is 5.26 Å². The molecule has 2 heterocycles. The summed E-state index contributed by atoms with van der Waals surface area (Å²) >= 11 is 0. The zero-order valence-electron chi connectivity index (χ0n) is 10.3. The highest BCUT2D eigenvalue weighted by Gasteiger charge is 2.14. The number of nitrogens with zero attached hydrogens (tertiary/aromatic N) is 4. The number of anilines is 1. The molecular weight excluding hydrogens is 230 g/mol. The fourth-order valence-electron chi connectivity index (χ4n) is 1.91. The van der Waals surface area contributed by atoms with Gasteiger partial charge in [0.1, 0.15) is 17.4 Å². The molecule has 0 saturated heterocycles. The van der Waals surface area contributed by atoms with E-state index in [0.717, 1.165) is 6.42 Å². The molecule has 0 amide bonds. The summed E-state index contributed by atoms with van der Waals surface area (Å²) < 4.78 is 1.39. The smallest absolute Gasteiger partial charge is 0.349 e. The van der Waals surface area contributed by atoms with Crippen LogP contribution in [0.1, 0.15) is 24.6 Å². The molecule has 2 rings (SSSR count). The minimum Gasteiger partial charge on any atom is -0.384 e. The molecule has 6 heteroatoms. The fourth-order valence-corrected chi connectivity index (χ4v) is 1.91. The summed E-state index contributed by atoms with van der Waals surface area (Å²) in [7, 11) is 0. The van der Waals surface area contributed by atoms with Crippen molar-refractivity contribution >= 4 is 16.7 Å². The number of rotatable bonds is 2. The van der Waals surface area contributed by atoms with Crippen molar-refractivity contribution in [2.75, 3.05) is 5.73 Å². The number of nitrogen functional groups attached to an aromatic ring is 1. The van der Waals surface area contributed by atoms with Crippen LogP contribution in [0.25, 0.3) is 10.9 Å². The Hall–Kier alpha value is -2.42. The largest absolute Gasteiger partial charge is 0.384 e. The van der Waals surface area contributed by atoms with Gasteiger partial charge in [-0.25, -0.2) is 4.79 Å². The van der Waals surface area contributed by atoms with Crippen LogP contribution in [0.5, 0.6) is 0 Å². The summed E-state index contributed by atoms with van der Waals surface area (Å²) in [6.45, 7) is 4.17. The summed E-state index contributed by atoms with van der Waals surface area (Å²) in [5.74, 6) is 0.286. The number of nitriles is 1. The standard InChI is InChI=1S/C12H13N5O/c1-3-4-17-11(14)9-8(5-13)6-15-7(2)10(9)16-12(17)18/h6H,3-4,14H2,1-2H3. The molecule has 6 nitrogen and oxygen atoms in total. The summed E-state index contributed by atoms with van der Waals surface area (Å²) in [6, 6.07) is 2.03. The van der Waals surface area contributed by atoms with Crippen LogP contribution in [0.3, 0.4) is 0 Å². The average Bonchev–Trinajstić information content (AvgIpc) is 2.36. The van der Waals surface area contributed by atoms with E-state index in [1.165, 1.54) is 10.8 Å². The molecule has 0 aliphatic rings. The maximum atomic E-state index is 11.9. The van der Waals surface area contributed by atoms with Crippen LogP contribution in [0.15, 0.2) is 11.0 Å². The number of pyridine rings is 1. The van der Waals surface area contributed by atoms with E-state index in [2.05, 4.69) is 9.97 Å². The van der Waals surface area contributed by atoms with Crippen molar-refractivity contribution < 1.29 is 0 Å². The molecule has 0 unspecified atom stereocenters. The minimum atomic E-state index is -0.401. The third-order valence-electron chi connectivity index (χ3n) is 2.79. The van der Waals surface area contributed by atoms with E-state index < -0.39 is 5.69 Å². The normalized spacial score (nSPS) is 10.5. The molecule has 0 aliphatic heterocycles. The van der Waals surface area contributed by atoms with E-state index in [9.17, 15) is 4.79 Å². The van der Waals surface area contributed by atoms with Gasteiger partial charge in [0.2, 0.25) is 0 Å². The molecule has 2 aromatic rings. The lowest BCUT2D eigenvalue weighted by molar-refractivity contribution is 0.650. The number of aryl methyl sites for hydroxylation is 1. The van der Waals surface area contributed by atoms with Crippen LogP contribution < -0.4 is 11.4 Å². The van der Waals surface area contributed by atoms with Gasteiger partial charge in [-0.05, 0) is 13.3 Å². The molecule has 0 aliphatic carbocycles. The fraction of sp³-hybridized carbons (Fsp3) is 0.333. The first kappa shape index (κ1) is 12.0. The molecule has 0 aromatic carbocycles. The first-order valence-electron chi connectivity index (χ1n) is 5.65. The van der Waals surface area contributed by atoms with E-state index in [1.807, 2.05) is 13.0 Å². The van der Waals surface area contributed by atoms with Crippen LogP contribution in [0, 0.1) is 18.3 Å². The highest BCUT2D eigenvalue weighted by atomic mass is 16.1. The lowest BCUT2D eigenvalue weighted by Gasteiger charge is -2.11.